The van der Waals surface area contributed by atoms with E-state index in [1.807, 2.05) is 0 Å². The predicted molar refractivity (Wildman–Crippen MR) is 123 cm³/mol. The number of fused-ring (bicyclic) bond motifs is 1. The second-order valence-corrected chi connectivity index (χ2v) is 8.04. The first-order valence-corrected chi connectivity index (χ1v) is 11.0. The third-order valence-electron chi connectivity index (χ3n) is 5.24. The summed E-state index contributed by atoms with van der Waals surface area (Å²) < 4.78 is 26.8. The number of nitrogens with one attached hydrogen (secondary N) is 1. The second-order valence-electron chi connectivity index (χ2n) is 8.04. The number of hydrogen-bond acceptors (Lipinski definition) is 8. The highest BCUT2D eigenvalue weighted by atomic mass is 16.5. The van der Waals surface area contributed by atoms with Crippen LogP contribution < -0.4 is 24.3 Å². The fourth-order valence-corrected chi connectivity index (χ4v) is 3.31. The largest absolute Gasteiger partial charge is 0.497 e. The zero-order chi connectivity index (χ0) is 24.7. The summed E-state index contributed by atoms with van der Waals surface area (Å²) in [6, 6.07) is 8.59. The van der Waals surface area contributed by atoms with E-state index in [0.717, 1.165) is 6.42 Å². The van der Waals surface area contributed by atoms with Gasteiger partial charge < -0.3 is 29.0 Å². The Bertz CT molecular complexity index is 1030. The molecule has 9 nitrogen and oxygen atoms in total. The van der Waals surface area contributed by atoms with Crippen LogP contribution in [0.3, 0.4) is 0 Å². The maximum Gasteiger partial charge on any atom is 0.329 e. The van der Waals surface area contributed by atoms with E-state index in [4.69, 9.17) is 23.7 Å². The van der Waals surface area contributed by atoms with E-state index < -0.39 is 30.3 Å². The maximum absolute atomic E-state index is 12.8. The molecule has 1 amide bonds. The molecule has 0 bridgehead atoms. The first-order chi connectivity index (χ1) is 16.3. The topological polar surface area (TPSA) is 109 Å². The van der Waals surface area contributed by atoms with Crippen LogP contribution in [0.4, 0.5) is 0 Å². The van der Waals surface area contributed by atoms with Crippen molar-refractivity contribution in [3.05, 3.63) is 47.5 Å². The molecule has 0 aliphatic carbocycles. The molecule has 1 heterocycles. The average molecular weight is 472 g/mol. The maximum atomic E-state index is 12.8. The fraction of sp³-hybridized carbons (Fsp3) is 0.400. The van der Waals surface area contributed by atoms with Crippen molar-refractivity contribution in [1.82, 2.24) is 5.32 Å². The lowest BCUT2D eigenvalue weighted by Crippen LogP contribution is -2.45. The highest BCUT2D eigenvalue weighted by molar-refractivity contribution is 6.00. The molecular formula is C25H29NO8. The Morgan fingerprint density at radius 2 is 1.56 bits per heavy atom. The molecule has 1 aliphatic heterocycles. The summed E-state index contributed by atoms with van der Waals surface area (Å²) in [7, 11) is 2.95. The Hall–Kier alpha value is -3.75. The minimum Gasteiger partial charge on any atom is -0.497 e. The van der Waals surface area contributed by atoms with Crippen molar-refractivity contribution in [2.75, 3.05) is 34.0 Å². The van der Waals surface area contributed by atoms with Gasteiger partial charge in [0.25, 0.3) is 5.91 Å². The van der Waals surface area contributed by atoms with Gasteiger partial charge in [0.15, 0.2) is 23.9 Å². The molecule has 0 unspecified atom stereocenters. The van der Waals surface area contributed by atoms with Gasteiger partial charge in [0.2, 0.25) is 0 Å². The van der Waals surface area contributed by atoms with Crippen LogP contribution in [0.1, 0.15) is 41.0 Å². The van der Waals surface area contributed by atoms with Crippen LogP contribution in [0.2, 0.25) is 0 Å². The Morgan fingerprint density at radius 3 is 2.18 bits per heavy atom. The van der Waals surface area contributed by atoms with Crippen molar-refractivity contribution < 1.29 is 38.1 Å². The number of amides is 1. The number of rotatable bonds is 9. The summed E-state index contributed by atoms with van der Waals surface area (Å²) in [6.45, 7) is 4.11. The van der Waals surface area contributed by atoms with Crippen LogP contribution in [-0.4, -0.2) is 57.7 Å². The minimum absolute atomic E-state index is 0.262. The molecule has 9 heteroatoms. The number of carbonyl (C=O) groups is 3. The van der Waals surface area contributed by atoms with Crippen molar-refractivity contribution >= 4 is 17.7 Å². The number of hydrogen-bond donors (Lipinski definition) is 1. The summed E-state index contributed by atoms with van der Waals surface area (Å²) >= 11 is 0. The van der Waals surface area contributed by atoms with Crippen LogP contribution in [0.5, 0.6) is 23.0 Å². The highest BCUT2D eigenvalue weighted by Gasteiger charge is 2.27. The number of ketones is 1. The van der Waals surface area contributed by atoms with Crippen LogP contribution >= 0.6 is 0 Å². The number of esters is 1. The molecule has 0 spiro atoms. The Kier molecular flexibility index (Phi) is 8.34. The summed E-state index contributed by atoms with van der Waals surface area (Å²) in [5.74, 6) is 0.0526. The van der Waals surface area contributed by atoms with Gasteiger partial charge in [-0.3, -0.25) is 9.59 Å². The van der Waals surface area contributed by atoms with Crippen LogP contribution in [-0.2, 0) is 9.53 Å². The zero-order valence-electron chi connectivity index (χ0n) is 19.7. The van der Waals surface area contributed by atoms with Crippen molar-refractivity contribution in [3.8, 4) is 23.0 Å². The fourth-order valence-electron chi connectivity index (χ4n) is 3.31. The molecule has 1 N–H and O–H groups in total. The molecule has 0 fully saturated rings. The quantitative estimate of drug-likeness (QED) is 0.439. The molecule has 34 heavy (non-hydrogen) atoms. The van der Waals surface area contributed by atoms with E-state index in [2.05, 4.69) is 5.32 Å². The first-order valence-electron chi connectivity index (χ1n) is 11.0. The van der Waals surface area contributed by atoms with E-state index in [-0.39, 0.29) is 11.5 Å². The zero-order valence-corrected chi connectivity index (χ0v) is 19.7. The van der Waals surface area contributed by atoms with Gasteiger partial charge in [-0.05, 0) is 36.2 Å². The van der Waals surface area contributed by atoms with Crippen LogP contribution in [0.25, 0.3) is 0 Å². The average Bonchev–Trinajstić information content (AvgIpc) is 3.09. The number of benzene rings is 2. The molecule has 182 valence electrons. The molecule has 0 aromatic heterocycles. The van der Waals surface area contributed by atoms with E-state index in [9.17, 15) is 14.4 Å². The summed E-state index contributed by atoms with van der Waals surface area (Å²) in [4.78, 5) is 38.1. The summed E-state index contributed by atoms with van der Waals surface area (Å²) in [6.07, 6.45) is 0.750. The van der Waals surface area contributed by atoms with Gasteiger partial charge in [0.05, 0.1) is 27.4 Å². The van der Waals surface area contributed by atoms with Crippen molar-refractivity contribution in [2.45, 2.75) is 26.3 Å². The molecule has 2 aromatic carbocycles. The lowest BCUT2D eigenvalue weighted by atomic mass is 10.0. The number of methoxy groups -OCH3 is 2. The second kappa shape index (κ2) is 11.4. The van der Waals surface area contributed by atoms with Gasteiger partial charge in [-0.1, -0.05) is 13.8 Å². The van der Waals surface area contributed by atoms with Gasteiger partial charge in [0, 0.05) is 23.6 Å². The lowest BCUT2D eigenvalue weighted by molar-refractivity contribution is -0.145. The molecule has 0 saturated carbocycles. The van der Waals surface area contributed by atoms with Gasteiger partial charge in [0.1, 0.15) is 17.5 Å². The minimum atomic E-state index is -0.957. The molecule has 0 radical (unpaired) electrons. The monoisotopic (exact) mass is 471 g/mol. The molecule has 3 rings (SSSR count). The van der Waals surface area contributed by atoms with E-state index in [1.165, 1.54) is 26.4 Å². The highest BCUT2D eigenvalue weighted by Crippen LogP contribution is 2.30. The Labute approximate surface area is 198 Å². The third kappa shape index (κ3) is 6.18. The van der Waals surface area contributed by atoms with Crippen LogP contribution in [0, 0.1) is 5.92 Å². The molecule has 1 aliphatic rings. The van der Waals surface area contributed by atoms with Crippen molar-refractivity contribution in [3.63, 3.8) is 0 Å². The lowest BCUT2D eigenvalue weighted by Gasteiger charge is -2.21. The van der Waals surface area contributed by atoms with E-state index >= 15 is 0 Å². The predicted octanol–water partition coefficient (Wildman–Crippen LogP) is 3.05. The number of ether oxygens (including phenoxy) is 5. The normalized spacial score (nSPS) is 13.4. The molecule has 0 saturated heterocycles. The van der Waals surface area contributed by atoms with Gasteiger partial charge >= 0.3 is 5.97 Å². The summed E-state index contributed by atoms with van der Waals surface area (Å²) in [5, 5.41) is 2.67. The molecule has 2 aromatic rings. The smallest absolute Gasteiger partial charge is 0.329 e. The van der Waals surface area contributed by atoms with E-state index in [0.29, 0.717) is 41.8 Å². The van der Waals surface area contributed by atoms with E-state index in [1.54, 1.807) is 38.1 Å². The Balaban J connectivity index is 1.64. The van der Waals surface area contributed by atoms with Crippen LogP contribution in [0.15, 0.2) is 36.4 Å². The van der Waals surface area contributed by atoms with Gasteiger partial charge in [-0.15, -0.1) is 0 Å². The van der Waals surface area contributed by atoms with Gasteiger partial charge in [-0.2, -0.15) is 0 Å². The Morgan fingerprint density at radius 1 is 0.912 bits per heavy atom. The van der Waals surface area contributed by atoms with Gasteiger partial charge in [-0.25, -0.2) is 4.79 Å². The SMILES string of the molecule is COc1cc(OC)cc(C(=O)N[C@H](C(=O)OCC(=O)c2ccc3c(c2)OCCCO3)C(C)C)c1. The third-order valence-corrected chi connectivity index (χ3v) is 5.24. The standard InChI is InChI=1S/C25H29NO8/c1-15(2)23(26-24(28)17-10-18(30-3)13-19(11-17)31-4)25(29)34-14-20(27)16-6-7-21-22(12-16)33-9-5-8-32-21/h6-7,10-13,15,23H,5,8-9,14H2,1-4H3,(H,26,28)/t23-/m0/s1. The molecular weight excluding hydrogens is 442 g/mol. The van der Waals surface area contributed by atoms with Crippen molar-refractivity contribution in [2.24, 2.45) is 5.92 Å². The number of carbonyl (C=O) groups excluding carboxylic acids is 3. The van der Waals surface area contributed by atoms with Crippen molar-refractivity contribution in [1.29, 1.82) is 0 Å². The number of Topliss-reactive ketones (excluding diaryl/α,β-unsaturated/α-hetero) is 1. The first kappa shape index (κ1) is 24.9. The molecule has 1 atom stereocenters. The summed E-state index contributed by atoms with van der Waals surface area (Å²) in [5.41, 5.74) is 0.601.